The quantitative estimate of drug-likeness (QED) is 0.345. The molecule has 8 heteroatoms. The van der Waals surface area contributed by atoms with Crippen LogP contribution in [0.4, 0.5) is 0 Å². The molecule has 178 valence electrons. The highest BCUT2D eigenvalue weighted by Crippen LogP contribution is 2.30. The number of carbonyl (C=O) groups is 2. The zero-order valence-corrected chi connectivity index (χ0v) is 20.5. The Kier molecular flexibility index (Phi) is 10.3. The highest BCUT2D eigenvalue weighted by atomic mass is 35.5. The first-order chi connectivity index (χ1) is 14.6. The van der Waals surface area contributed by atoms with Crippen molar-refractivity contribution in [3.05, 3.63) is 48.1 Å². The van der Waals surface area contributed by atoms with Crippen molar-refractivity contribution < 1.29 is 19.1 Å². The molecule has 1 heterocycles. The van der Waals surface area contributed by atoms with Gasteiger partial charge < -0.3 is 20.1 Å². The molecule has 32 heavy (non-hydrogen) atoms. The second kappa shape index (κ2) is 11.9. The standard InChI is InChI=1S/C24H35N3O4.ClH/c1-7-9-17-10-11-19(20(14-17)30-6)31-16-21(28)25-12-8-13-26-22(29)18-15-23(2,3)27-24(18,4)5;/h7,10-11,14-15,27H,1,8-9,12-13,16H2,2-6H3,(H,25,28)(H,26,29);1H. The van der Waals surface area contributed by atoms with Gasteiger partial charge >= 0.3 is 0 Å². The van der Waals surface area contributed by atoms with Gasteiger partial charge in [-0.1, -0.05) is 18.2 Å². The Morgan fingerprint density at radius 1 is 1.12 bits per heavy atom. The lowest BCUT2D eigenvalue weighted by molar-refractivity contribution is -0.123. The maximum absolute atomic E-state index is 12.5. The molecule has 2 amide bonds. The van der Waals surface area contributed by atoms with E-state index < -0.39 is 0 Å². The fourth-order valence-corrected chi connectivity index (χ4v) is 3.73. The van der Waals surface area contributed by atoms with Gasteiger partial charge in [-0.15, -0.1) is 19.0 Å². The van der Waals surface area contributed by atoms with Crippen molar-refractivity contribution in [1.29, 1.82) is 0 Å². The van der Waals surface area contributed by atoms with Gasteiger partial charge in [-0.25, -0.2) is 0 Å². The van der Waals surface area contributed by atoms with Crippen LogP contribution in [-0.4, -0.2) is 49.7 Å². The number of benzene rings is 1. The minimum absolute atomic E-state index is 0. The lowest BCUT2D eigenvalue weighted by Gasteiger charge is -2.27. The molecule has 1 aliphatic heterocycles. The summed E-state index contributed by atoms with van der Waals surface area (Å²) in [6, 6.07) is 5.57. The predicted molar refractivity (Wildman–Crippen MR) is 130 cm³/mol. The highest BCUT2D eigenvalue weighted by Gasteiger charge is 2.39. The van der Waals surface area contributed by atoms with Gasteiger partial charge in [0.25, 0.3) is 5.91 Å². The predicted octanol–water partition coefficient (Wildman–Crippen LogP) is 2.93. The minimum Gasteiger partial charge on any atom is -0.493 e. The Morgan fingerprint density at radius 3 is 2.41 bits per heavy atom. The van der Waals surface area contributed by atoms with Gasteiger partial charge in [0.1, 0.15) is 0 Å². The number of hydrogen-bond donors (Lipinski definition) is 3. The van der Waals surface area contributed by atoms with E-state index in [-0.39, 0.29) is 41.9 Å². The fraction of sp³-hybridized carbons (Fsp3) is 0.500. The summed E-state index contributed by atoms with van der Waals surface area (Å²) in [5.74, 6) is 0.789. The molecule has 0 bridgehead atoms. The Bertz CT molecular complexity index is 850. The highest BCUT2D eigenvalue weighted by molar-refractivity contribution is 5.96. The zero-order valence-electron chi connectivity index (χ0n) is 19.7. The van der Waals surface area contributed by atoms with E-state index >= 15 is 0 Å². The molecule has 2 rings (SSSR count). The molecule has 0 radical (unpaired) electrons. The maximum atomic E-state index is 12.5. The molecule has 0 aromatic heterocycles. The fourth-order valence-electron chi connectivity index (χ4n) is 3.73. The van der Waals surface area contributed by atoms with Crippen molar-refractivity contribution in [1.82, 2.24) is 16.0 Å². The van der Waals surface area contributed by atoms with Crippen LogP contribution in [0.25, 0.3) is 0 Å². The van der Waals surface area contributed by atoms with Gasteiger partial charge in [-0.2, -0.15) is 0 Å². The second-order valence-corrected chi connectivity index (χ2v) is 8.76. The van der Waals surface area contributed by atoms with E-state index in [2.05, 4.69) is 22.5 Å². The number of amides is 2. The van der Waals surface area contributed by atoms with Crippen LogP contribution in [0.1, 0.15) is 39.7 Å². The number of carbonyl (C=O) groups excluding carboxylic acids is 2. The average molecular weight is 466 g/mol. The molecule has 0 fully saturated rings. The molecule has 0 unspecified atom stereocenters. The summed E-state index contributed by atoms with van der Waals surface area (Å²) < 4.78 is 10.9. The van der Waals surface area contributed by atoms with Crippen molar-refractivity contribution >= 4 is 24.2 Å². The Balaban J connectivity index is 0.00000512. The number of ether oxygens (including phenoxy) is 2. The molecule has 0 aliphatic carbocycles. The van der Waals surface area contributed by atoms with Crippen LogP contribution in [0.3, 0.4) is 0 Å². The SMILES string of the molecule is C=CCc1ccc(OCC(=O)NCCCNC(=O)C2=CC(C)(C)NC2(C)C)c(OC)c1.Cl. The third-order valence-corrected chi connectivity index (χ3v) is 4.99. The van der Waals surface area contributed by atoms with E-state index in [0.717, 1.165) is 17.6 Å². The monoisotopic (exact) mass is 465 g/mol. The van der Waals surface area contributed by atoms with Gasteiger partial charge in [-0.05, 0) is 58.2 Å². The van der Waals surface area contributed by atoms with Gasteiger partial charge in [0.15, 0.2) is 18.1 Å². The lowest BCUT2D eigenvalue weighted by atomic mass is 9.96. The van der Waals surface area contributed by atoms with Gasteiger partial charge in [-0.3, -0.25) is 14.9 Å². The van der Waals surface area contributed by atoms with E-state index in [9.17, 15) is 9.59 Å². The van der Waals surface area contributed by atoms with Crippen LogP contribution in [0.2, 0.25) is 0 Å². The van der Waals surface area contributed by atoms with Crippen LogP contribution in [0.15, 0.2) is 42.5 Å². The van der Waals surface area contributed by atoms with Crippen LogP contribution in [-0.2, 0) is 16.0 Å². The van der Waals surface area contributed by atoms with Gasteiger partial charge in [0.2, 0.25) is 5.91 Å². The maximum Gasteiger partial charge on any atom is 0.257 e. The number of methoxy groups -OCH3 is 1. The third-order valence-electron chi connectivity index (χ3n) is 4.99. The third kappa shape index (κ3) is 7.88. The topological polar surface area (TPSA) is 88.7 Å². The van der Waals surface area contributed by atoms with E-state index in [1.807, 2.05) is 52.0 Å². The normalized spacial score (nSPS) is 15.7. The largest absolute Gasteiger partial charge is 0.493 e. The van der Waals surface area contributed by atoms with Crippen LogP contribution >= 0.6 is 12.4 Å². The first-order valence-corrected chi connectivity index (χ1v) is 10.6. The first-order valence-electron chi connectivity index (χ1n) is 10.6. The summed E-state index contributed by atoms with van der Waals surface area (Å²) in [5, 5.41) is 9.15. The molecular formula is C24H36ClN3O4. The number of nitrogens with one attached hydrogen (secondary N) is 3. The van der Waals surface area contributed by atoms with E-state index in [1.54, 1.807) is 13.2 Å². The molecule has 0 saturated carbocycles. The minimum atomic E-state index is -0.371. The Labute approximate surface area is 197 Å². The van der Waals surface area contributed by atoms with E-state index in [4.69, 9.17) is 9.47 Å². The summed E-state index contributed by atoms with van der Waals surface area (Å²) in [6.07, 6.45) is 5.15. The average Bonchev–Trinajstić information content (AvgIpc) is 2.93. The summed E-state index contributed by atoms with van der Waals surface area (Å²) in [7, 11) is 1.56. The molecule has 1 aromatic rings. The van der Waals surface area contributed by atoms with Crippen molar-refractivity contribution in [2.75, 3.05) is 26.8 Å². The Hall–Kier alpha value is -2.51. The molecule has 1 aliphatic rings. The van der Waals surface area contributed by atoms with Gasteiger partial charge in [0.05, 0.1) is 7.11 Å². The second-order valence-electron chi connectivity index (χ2n) is 8.76. The molecule has 0 spiro atoms. The van der Waals surface area contributed by atoms with Gasteiger partial charge in [0, 0.05) is 29.7 Å². The van der Waals surface area contributed by atoms with E-state index in [1.165, 1.54) is 0 Å². The number of allylic oxidation sites excluding steroid dienone is 1. The van der Waals surface area contributed by atoms with Crippen LogP contribution in [0.5, 0.6) is 11.5 Å². The van der Waals surface area contributed by atoms with Crippen LogP contribution < -0.4 is 25.4 Å². The number of halogens is 1. The van der Waals surface area contributed by atoms with E-state index in [0.29, 0.717) is 31.0 Å². The van der Waals surface area contributed by atoms with Crippen LogP contribution in [0, 0.1) is 0 Å². The molecular weight excluding hydrogens is 430 g/mol. The summed E-state index contributed by atoms with van der Waals surface area (Å²) in [4.78, 5) is 24.5. The zero-order chi connectivity index (χ0) is 23.1. The number of hydrogen-bond acceptors (Lipinski definition) is 5. The number of rotatable bonds is 11. The molecule has 1 aromatic carbocycles. The molecule has 7 nitrogen and oxygen atoms in total. The molecule has 3 N–H and O–H groups in total. The summed E-state index contributed by atoms with van der Waals surface area (Å²) in [6.45, 7) is 12.6. The summed E-state index contributed by atoms with van der Waals surface area (Å²) >= 11 is 0. The molecule has 0 saturated heterocycles. The Morgan fingerprint density at radius 2 is 1.81 bits per heavy atom. The van der Waals surface area contributed by atoms with Crippen molar-refractivity contribution in [3.63, 3.8) is 0 Å². The van der Waals surface area contributed by atoms with Crippen molar-refractivity contribution in [2.24, 2.45) is 0 Å². The first kappa shape index (κ1) is 27.5. The smallest absolute Gasteiger partial charge is 0.257 e. The van der Waals surface area contributed by atoms with Crippen molar-refractivity contribution in [3.8, 4) is 11.5 Å². The lowest BCUT2D eigenvalue weighted by Crippen LogP contribution is -2.47. The summed E-state index contributed by atoms with van der Waals surface area (Å²) in [5.41, 5.74) is 1.22. The molecule has 0 atom stereocenters. The van der Waals surface area contributed by atoms with Crippen molar-refractivity contribution in [2.45, 2.75) is 51.6 Å².